The molecule has 2 heterocycles. The van der Waals surface area contributed by atoms with E-state index in [9.17, 15) is 45.6 Å². The predicted molar refractivity (Wildman–Crippen MR) is 272 cm³/mol. The number of amides is 1. The Hall–Kier alpha value is -2.05. The summed E-state index contributed by atoms with van der Waals surface area (Å²) in [6.45, 7) is 2.60. The Balaban J connectivity index is 1.54. The second-order valence-electron chi connectivity index (χ2n) is 19.3. The van der Waals surface area contributed by atoms with Crippen molar-refractivity contribution < 1.29 is 64.6 Å². The van der Waals surface area contributed by atoms with Crippen molar-refractivity contribution in [3.8, 4) is 0 Å². The second-order valence-corrected chi connectivity index (χ2v) is 19.3. The van der Waals surface area contributed by atoms with Gasteiger partial charge in [0.2, 0.25) is 5.91 Å². The highest BCUT2D eigenvalue weighted by molar-refractivity contribution is 5.76. The van der Waals surface area contributed by atoms with E-state index in [2.05, 4.69) is 67.8 Å². The Bertz CT molecular complexity index is 1340. The molecule has 14 heteroatoms. The molecule has 0 saturated carbocycles. The number of aliphatic hydroxyl groups excluding tert-OH is 8. The molecule has 9 N–H and O–H groups in total. The third-order valence-electron chi connectivity index (χ3n) is 13.3. The first-order valence-electron chi connectivity index (χ1n) is 27.4. The van der Waals surface area contributed by atoms with Gasteiger partial charge in [-0.1, -0.05) is 191 Å². The molecule has 0 aliphatic carbocycles. The minimum atomic E-state index is -1.78. The molecule has 0 spiro atoms. The topological polar surface area (TPSA) is 228 Å². The Morgan fingerprint density at radius 1 is 0.536 bits per heavy atom. The van der Waals surface area contributed by atoms with Crippen molar-refractivity contribution in [2.45, 2.75) is 274 Å². The van der Waals surface area contributed by atoms with Crippen LogP contribution in [0, 0.1) is 0 Å². The van der Waals surface area contributed by atoms with E-state index in [1.165, 1.54) is 96.3 Å². The number of ether oxygens (including phenoxy) is 4. The lowest BCUT2D eigenvalue weighted by atomic mass is 9.97. The van der Waals surface area contributed by atoms with Gasteiger partial charge >= 0.3 is 0 Å². The molecule has 2 rings (SSSR count). The first-order chi connectivity index (χ1) is 33.6. The molecule has 0 radical (unpaired) electrons. The second kappa shape index (κ2) is 41.4. The molecule has 12 unspecified atom stereocenters. The molecule has 0 aromatic carbocycles. The number of carbonyl (C=O) groups excluding carboxylic acids is 1. The van der Waals surface area contributed by atoms with E-state index >= 15 is 0 Å². The number of hydrogen-bond donors (Lipinski definition) is 9. The van der Waals surface area contributed by atoms with Gasteiger partial charge in [0.1, 0.15) is 48.8 Å². The van der Waals surface area contributed by atoms with Gasteiger partial charge < -0.3 is 65.1 Å². The SMILES string of the molecule is CC/C=C\C/C=C\C/C=C\C/C=C\CCCCCCCCCCCCCCCCCCCCC(=O)NC(COC1OC(CO)C(OC2OC(CO)C(O)C(O)C2O)C(O)C1O)C(O)CCCCCC. The van der Waals surface area contributed by atoms with Gasteiger partial charge in [-0.3, -0.25) is 4.79 Å². The van der Waals surface area contributed by atoms with E-state index in [-0.39, 0.29) is 12.5 Å². The normalized spacial score (nSPS) is 26.5. The lowest BCUT2D eigenvalue weighted by Gasteiger charge is -2.46. The van der Waals surface area contributed by atoms with E-state index in [0.717, 1.165) is 77.0 Å². The zero-order valence-electron chi connectivity index (χ0n) is 42.8. The number of carbonyl (C=O) groups is 1. The number of unbranched alkanes of at least 4 members (excludes halogenated alkanes) is 21. The molecule has 1 amide bonds. The van der Waals surface area contributed by atoms with Crippen molar-refractivity contribution in [1.29, 1.82) is 0 Å². The zero-order valence-corrected chi connectivity index (χ0v) is 42.8. The summed E-state index contributed by atoms with van der Waals surface area (Å²) in [5, 5.41) is 86.3. The van der Waals surface area contributed by atoms with Crippen LogP contribution in [-0.2, 0) is 23.7 Å². The standard InChI is InChI=1S/C55H99NO13/c1-3-5-7-9-10-11-12-13-14-15-16-17-18-19-20-21-22-23-24-25-26-27-28-29-30-31-32-33-34-35-37-39-47(60)56-43(44(59)38-36-8-6-4-2)42-66-54-52(65)50(63)53(46(41-58)68-54)69-55-51(64)49(62)48(61)45(40-57)67-55/h5,7,10-11,13-14,16-17,43-46,48-55,57-59,61-65H,3-4,6,8-9,12,15,18-42H2,1-2H3,(H,56,60)/b7-5-,11-10-,14-13-,17-16-. The molecule has 14 nitrogen and oxygen atoms in total. The van der Waals surface area contributed by atoms with Gasteiger partial charge in [-0.25, -0.2) is 0 Å². The van der Waals surface area contributed by atoms with Crippen LogP contribution in [0.3, 0.4) is 0 Å². The quantitative estimate of drug-likeness (QED) is 0.0209. The van der Waals surface area contributed by atoms with Crippen LogP contribution in [0.25, 0.3) is 0 Å². The number of nitrogens with one attached hydrogen (secondary N) is 1. The largest absolute Gasteiger partial charge is 0.394 e. The van der Waals surface area contributed by atoms with Gasteiger partial charge in [0.25, 0.3) is 0 Å². The number of allylic oxidation sites excluding steroid dienone is 8. The van der Waals surface area contributed by atoms with Crippen LogP contribution in [0.1, 0.15) is 200 Å². The highest BCUT2D eigenvalue weighted by Gasteiger charge is 2.51. The van der Waals surface area contributed by atoms with Crippen molar-refractivity contribution in [1.82, 2.24) is 5.32 Å². The molecule has 12 atom stereocenters. The minimum absolute atomic E-state index is 0.216. The Morgan fingerprint density at radius 2 is 1.00 bits per heavy atom. The smallest absolute Gasteiger partial charge is 0.220 e. The summed E-state index contributed by atoms with van der Waals surface area (Å²) in [5.74, 6) is -0.216. The van der Waals surface area contributed by atoms with E-state index in [4.69, 9.17) is 18.9 Å². The summed E-state index contributed by atoms with van der Waals surface area (Å²) in [6.07, 6.45) is 33.7. The molecule has 2 fully saturated rings. The molecule has 2 aliphatic rings. The van der Waals surface area contributed by atoms with Crippen LogP contribution < -0.4 is 5.32 Å². The van der Waals surface area contributed by atoms with Crippen molar-refractivity contribution in [3.05, 3.63) is 48.6 Å². The highest BCUT2D eigenvalue weighted by atomic mass is 16.7. The lowest BCUT2D eigenvalue weighted by Crippen LogP contribution is -2.65. The first kappa shape index (κ1) is 63.1. The maximum Gasteiger partial charge on any atom is 0.220 e. The maximum absolute atomic E-state index is 13.1. The zero-order chi connectivity index (χ0) is 50.3. The van der Waals surface area contributed by atoms with E-state index in [1.807, 2.05) is 0 Å². The third-order valence-corrected chi connectivity index (χ3v) is 13.3. The molecule has 0 aromatic rings. The van der Waals surface area contributed by atoms with E-state index < -0.39 is 86.8 Å². The number of aliphatic hydroxyl groups is 8. The summed E-state index contributed by atoms with van der Waals surface area (Å²) >= 11 is 0. The number of rotatable bonds is 42. The molecule has 69 heavy (non-hydrogen) atoms. The summed E-state index contributed by atoms with van der Waals surface area (Å²) in [7, 11) is 0. The van der Waals surface area contributed by atoms with E-state index in [0.29, 0.717) is 12.8 Å². The molecule has 0 bridgehead atoms. The number of hydrogen-bond acceptors (Lipinski definition) is 13. The molecule has 2 aliphatic heterocycles. The maximum atomic E-state index is 13.1. The van der Waals surface area contributed by atoms with Gasteiger partial charge in [-0.15, -0.1) is 0 Å². The summed E-state index contributed by atoms with van der Waals surface area (Å²) < 4.78 is 22.6. The minimum Gasteiger partial charge on any atom is -0.394 e. The predicted octanol–water partition coefficient (Wildman–Crippen LogP) is 8.05. The fourth-order valence-electron chi connectivity index (χ4n) is 8.87. The third kappa shape index (κ3) is 28.1. The fourth-order valence-corrected chi connectivity index (χ4v) is 8.87. The van der Waals surface area contributed by atoms with Crippen LogP contribution in [-0.4, -0.2) is 140 Å². The summed E-state index contributed by atoms with van der Waals surface area (Å²) in [4.78, 5) is 13.1. The van der Waals surface area contributed by atoms with Crippen molar-refractivity contribution in [2.24, 2.45) is 0 Å². The van der Waals surface area contributed by atoms with Gasteiger partial charge in [0.15, 0.2) is 12.6 Å². The Morgan fingerprint density at radius 3 is 1.52 bits per heavy atom. The molecule has 2 saturated heterocycles. The van der Waals surface area contributed by atoms with Crippen LogP contribution >= 0.6 is 0 Å². The summed E-state index contributed by atoms with van der Waals surface area (Å²) in [5.41, 5.74) is 0. The lowest BCUT2D eigenvalue weighted by molar-refractivity contribution is -0.359. The fraction of sp³-hybridized carbons (Fsp3) is 0.836. The van der Waals surface area contributed by atoms with Crippen LogP contribution in [0.5, 0.6) is 0 Å². The summed E-state index contributed by atoms with van der Waals surface area (Å²) in [6, 6.07) is -0.823. The van der Waals surface area contributed by atoms with Crippen molar-refractivity contribution in [3.63, 3.8) is 0 Å². The van der Waals surface area contributed by atoms with Gasteiger partial charge in [0, 0.05) is 6.42 Å². The van der Waals surface area contributed by atoms with Crippen LogP contribution in [0.4, 0.5) is 0 Å². The van der Waals surface area contributed by atoms with Gasteiger partial charge in [-0.2, -0.15) is 0 Å². The average Bonchev–Trinajstić information content (AvgIpc) is 3.35. The molecule has 0 aromatic heterocycles. The molecule has 402 valence electrons. The van der Waals surface area contributed by atoms with Crippen LogP contribution in [0.2, 0.25) is 0 Å². The monoisotopic (exact) mass is 982 g/mol. The Kier molecular flexibility index (Phi) is 37.9. The van der Waals surface area contributed by atoms with Crippen LogP contribution in [0.15, 0.2) is 48.6 Å². The molecular formula is C55H99NO13. The van der Waals surface area contributed by atoms with Gasteiger partial charge in [-0.05, 0) is 51.4 Å². The molecular weight excluding hydrogens is 883 g/mol. The van der Waals surface area contributed by atoms with Crippen molar-refractivity contribution >= 4 is 5.91 Å². The Labute approximate surface area is 416 Å². The average molecular weight is 982 g/mol. The van der Waals surface area contributed by atoms with E-state index in [1.54, 1.807) is 0 Å². The van der Waals surface area contributed by atoms with Crippen molar-refractivity contribution in [2.75, 3.05) is 19.8 Å². The highest BCUT2D eigenvalue weighted by Crippen LogP contribution is 2.30. The first-order valence-corrected chi connectivity index (χ1v) is 27.4. The van der Waals surface area contributed by atoms with Gasteiger partial charge in [0.05, 0.1) is 32.0 Å².